The summed E-state index contributed by atoms with van der Waals surface area (Å²) in [6, 6.07) is 5.82. The summed E-state index contributed by atoms with van der Waals surface area (Å²) >= 11 is 0. The Morgan fingerprint density at radius 3 is 2.70 bits per heavy atom. The van der Waals surface area contributed by atoms with Crippen LogP contribution in [0.15, 0.2) is 42.7 Å². The minimum absolute atomic E-state index is 0.0745. The van der Waals surface area contributed by atoms with E-state index in [9.17, 15) is 13.6 Å². The number of nitrogens with zero attached hydrogens (tertiary/aromatic N) is 1. The Morgan fingerprint density at radius 2 is 2.13 bits per heavy atom. The number of aromatic nitrogens is 2. The smallest absolute Gasteiger partial charge is 0.387 e. The Bertz CT molecular complexity index is 640. The van der Waals surface area contributed by atoms with Crippen molar-refractivity contribution in [1.82, 2.24) is 15.3 Å². The van der Waals surface area contributed by atoms with E-state index >= 15 is 0 Å². The number of ether oxygens (including phenoxy) is 1. The van der Waals surface area contributed by atoms with Gasteiger partial charge < -0.3 is 15.0 Å². The molecular formula is C16H17F2N3O2. The van der Waals surface area contributed by atoms with Gasteiger partial charge in [0.25, 0.3) is 0 Å². The third-order valence-electron chi connectivity index (χ3n) is 3.11. The summed E-state index contributed by atoms with van der Waals surface area (Å²) in [7, 11) is 0. The van der Waals surface area contributed by atoms with Gasteiger partial charge in [-0.3, -0.25) is 4.79 Å². The normalized spacial score (nSPS) is 12.5. The number of H-pyrrole nitrogens is 1. The van der Waals surface area contributed by atoms with Gasteiger partial charge in [-0.1, -0.05) is 19.1 Å². The fourth-order valence-electron chi connectivity index (χ4n) is 1.98. The molecule has 0 radical (unpaired) electrons. The molecule has 0 saturated heterocycles. The fraction of sp³-hybridized carbons (Fsp3) is 0.250. The predicted molar refractivity (Wildman–Crippen MR) is 81.9 cm³/mol. The lowest BCUT2D eigenvalue weighted by atomic mass is 10.2. The van der Waals surface area contributed by atoms with Crippen LogP contribution in [0.5, 0.6) is 5.75 Å². The molecule has 0 aliphatic heterocycles. The van der Waals surface area contributed by atoms with Crippen LogP contribution in [-0.2, 0) is 4.79 Å². The molecule has 1 heterocycles. The van der Waals surface area contributed by atoms with Crippen molar-refractivity contribution in [2.24, 2.45) is 0 Å². The van der Waals surface area contributed by atoms with Crippen molar-refractivity contribution in [3.05, 3.63) is 54.1 Å². The van der Waals surface area contributed by atoms with Crippen LogP contribution in [0.3, 0.4) is 0 Å². The Hall–Kier alpha value is -2.70. The number of carbonyl (C=O) groups excluding carboxylic acids is 1. The first-order valence-electron chi connectivity index (χ1n) is 7.11. The van der Waals surface area contributed by atoms with Gasteiger partial charge in [0.2, 0.25) is 5.91 Å². The van der Waals surface area contributed by atoms with Crippen LogP contribution in [0.1, 0.15) is 30.8 Å². The molecule has 0 aliphatic carbocycles. The lowest BCUT2D eigenvalue weighted by molar-refractivity contribution is -0.117. The molecule has 0 aliphatic rings. The first-order chi connectivity index (χ1) is 11.1. The average molecular weight is 321 g/mol. The van der Waals surface area contributed by atoms with Crippen molar-refractivity contribution in [3.8, 4) is 5.75 Å². The SMILES string of the molecule is CCC(NC(=O)C=Cc1ccc(OC(F)F)cc1)c1ncc[nH]1. The Morgan fingerprint density at radius 1 is 1.39 bits per heavy atom. The third-order valence-corrected chi connectivity index (χ3v) is 3.11. The second-order valence-corrected chi connectivity index (χ2v) is 4.72. The van der Waals surface area contributed by atoms with Crippen LogP contribution >= 0.6 is 0 Å². The number of benzene rings is 1. The maximum absolute atomic E-state index is 12.0. The van der Waals surface area contributed by atoms with Crippen molar-refractivity contribution in [2.75, 3.05) is 0 Å². The predicted octanol–water partition coefficient (Wildman–Crippen LogP) is 3.29. The second-order valence-electron chi connectivity index (χ2n) is 4.72. The number of halogens is 2. The van der Waals surface area contributed by atoms with Gasteiger partial charge in [0, 0.05) is 18.5 Å². The Labute approximate surface area is 132 Å². The van der Waals surface area contributed by atoms with Crippen molar-refractivity contribution < 1.29 is 18.3 Å². The molecular weight excluding hydrogens is 304 g/mol. The minimum Gasteiger partial charge on any atom is -0.435 e. The maximum Gasteiger partial charge on any atom is 0.387 e. The van der Waals surface area contributed by atoms with Gasteiger partial charge in [0.05, 0.1) is 6.04 Å². The number of imidazole rings is 1. The van der Waals surface area contributed by atoms with E-state index in [4.69, 9.17) is 0 Å². The van der Waals surface area contributed by atoms with Crippen LogP contribution in [-0.4, -0.2) is 22.5 Å². The van der Waals surface area contributed by atoms with Gasteiger partial charge in [-0.2, -0.15) is 8.78 Å². The molecule has 1 unspecified atom stereocenters. The molecule has 1 atom stereocenters. The summed E-state index contributed by atoms with van der Waals surface area (Å²) in [4.78, 5) is 19.0. The van der Waals surface area contributed by atoms with E-state index in [0.29, 0.717) is 17.8 Å². The van der Waals surface area contributed by atoms with Crippen LogP contribution < -0.4 is 10.1 Å². The first kappa shape index (κ1) is 16.7. The average Bonchev–Trinajstić information content (AvgIpc) is 3.05. The first-order valence-corrected chi connectivity index (χ1v) is 7.11. The molecule has 0 fully saturated rings. The van der Waals surface area contributed by atoms with E-state index in [2.05, 4.69) is 20.0 Å². The number of carbonyl (C=O) groups is 1. The van der Waals surface area contributed by atoms with E-state index in [1.165, 1.54) is 18.2 Å². The van der Waals surface area contributed by atoms with Crippen molar-refractivity contribution in [3.63, 3.8) is 0 Å². The van der Waals surface area contributed by atoms with E-state index < -0.39 is 6.61 Å². The zero-order chi connectivity index (χ0) is 16.7. The monoisotopic (exact) mass is 321 g/mol. The molecule has 1 aromatic carbocycles. The number of hydrogen-bond donors (Lipinski definition) is 2. The van der Waals surface area contributed by atoms with Crippen LogP contribution in [0.4, 0.5) is 8.78 Å². The summed E-state index contributed by atoms with van der Waals surface area (Å²) in [6.07, 6.45) is 7.00. The highest BCUT2D eigenvalue weighted by Gasteiger charge is 2.12. The standard InChI is InChI=1S/C16H17F2N3O2/c1-2-13(15-19-9-10-20-15)21-14(22)8-5-11-3-6-12(7-4-11)23-16(17)18/h3-10,13,16H,2H2,1H3,(H,19,20)(H,21,22). The summed E-state index contributed by atoms with van der Waals surface area (Å²) in [5, 5.41) is 2.83. The van der Waals surface area contributed by atoms with E-state index in [-0.39, 0.29) is 17.7 Å². The number of aromatic amines is 1. The summed E-state index contributed by atoms with van der Waals surface area (Å²) in [5.41, 5.74) is 0.702. The molecule has 1 amide bonds. The molecule has 2 rings (SSSR count). The van der Waals surface area contributed by atoms with Gasteiger partial charge in [0.15, 0.2) is 0 Å². The number of hydrogen-bond acceptors (Lipinski definition) is 3. The third kappa shape index (κ3) is 5.21. The topological polar surface area (TPSA) is 67.0 Å². The van der Waals surface area contributed by atoms with Crippen molar-refractivity contribution in [2.45, 2.75) is 26.0 Å². The maximum atomic E-state index is 12.0. The Balaban J connectivity index is 1.92. The van der Waals surface area contributed by atoms with Crippen LogP contribution in [0, 0.1) is 0 Å². The van der Waals surface area contributed by atoms with Gasteiger partial charge in [-0.05, 0) is 30.2 Å². The van der Waals surface area contributed by atoms with Crippen molar-refractivity contribution >= 4 is 12.0 Å². The number of amides is 1. The second kappa shape index (κ2) is 8.07. The molecule has 2 aromatic rings. The van der Waals surface area contributed by atoms with E-state index in [1.807, 2.05) is 6.92 Å². The molecule has 2 N–H and O–H groups in total. The van der Waals surface area contributed by atoms with Gasteiger partial charge >= 0.3 is 6.61 Å². The number of alkyl halides is 2. The molecule has 122 valence electrons. The molecule has 0 bridgehead atoms. The van der Waals surface area contributed by atoms with E-state index in [0.717, 1.165) is 0 Å². The van der Waals surface area contributed by atoms with Crippen molar-refractivity contribution in [1.29, 1.82) is 0 Å². The van der Waals surface area contributed by atoms with Gasteiger partial charge in [0.1, 0.15) is 11.6 Å². The number of rotatable bonds is 7. The highest BCUT2D eigenvalue weighted by atomic mass is 19.3. The minimum atomic E-state index is -2.85. The zero-order valence-electron chi connectivity index (χ0n) is 12.5. The molecule has 1 aromatic heterocycles. The molecule has 7 heteroatoms. The van der Waals surface area contributed by atoms with Gasteiger partial charge in [-0.15, -0.1) is 0 Å². The Kier molecular flexibility index (Phi) is 5.85. The lowest BCUT2D eigenvalue weighted by Crippen LogP contribution is -2.27. The molecule has 5 nitrogen and oxygen atoms in total. The molecule has 0 saturated carbocycles. The van der Waals surface area contributed by atoms with Crippen LogP contribution in [0.2, 0.25) is 0 Å². The van der Waals surface area contributed by atoms with E-state index in [1.54, 1.807) is 30.6 Å². The highest BCUT2D eigenvalue weighted by molar-refractivity contribution is 5.91. The summed E-state index contributed by atoms with van der Waals surface area (Å²) in [5.74, 6) is 0.509. The summed E-state index contributed by atoms with van der Waals surface area (Å²) in [6.45, 7) is -0.909. The highest BCUT2D eigenvalue weighted by Crippen LogP contribution is 2.16. The summed E-state index contributed by atoms with van der Waals surface area (Å²) < 4.78 is 28.4. The van der Waals surface area contributed by atoms with Gasteiger partial charge in [-0.25, -0.2) is 4.98 Å². The lowest BCUT2D eigenvalue weighted by Gasteiger charge is -2.12. The fourth-order valence-corrected chi connectivity index (χ4v) is 1.98. The zero-order valence-corrected chi connectivity index (χ0v) is 12.5. The quantitative estimate of drug-likeness (QED) is 0.769. The number of nitrogens with one attached hydrogen (secondary N) is 2. The van der Waals surface area contributed by atoms with Crippen LogP contribution in [0.25, 0.3) is 6.08 Å². The molecule has 0 spiro atoms. The largest absolute Gasteiger partial charge is 0.435 e. The molecule has 23 heavy (non-hydrogen) atoms.